The van der Waals surface area contributed by atoms with E-state index in [1.54, 1.807) is 0 Å². The van der Waals surface area contributed by atoms with Gasteiger partial charge in [-0.3, -0.25) is 0 Å². The van der Waals surface area contributed by atoms with E-state index in [0.29, 0.717) is 0 Å². The predicted octanol–water partition coefficient (Wildman–Crippen LogP) is 7.18. The fraction of sp³-hybridized carbons (Fsp3) is 0.200. The van der Waals surface area contributed by atoms with Crippen LogP contribution in [0.25, 0.3) is 11.1 Å². The van der Waals surface area contributed by atoms with E-state index in [2.05, 4.69) is 106 Å². The van der Waals surface area contributed by atoms with Crippen LogP contribution in [-0.4, -0.2) is 8.07 Å². The van der Waals surface area contributed by atoms with Crippen molar-refractivity contribution in [1.82, 2.24) is 0 Å². The van der Waals surface area contributed by atoms with Crippen LogP contribution in [0, 0.1) is 0 Å². The Hall–Kier alpha value is -0.903. The zero-order valence-electron chi connectivity index (χ0n) is 13.4. The van der Waals surface area contributed by atoms with Crippen molar-refractivity contribution in [2.75, 3.05) is 0 Å². The van der Waals surface area contributed by atoms with Crippen LogP contribution >= 0.6 is 31.9 Å². The first kappa shape index (κ1) is 16.9. The fourth-order valence-corrected chi connectivity index (χ4v) is 13.1. The molecule has 0 atom stereocenters. The first-order valence-electron chi connectivity index (χ1n) is 8.07. The number of benzene rings is 2. The Labute approximate surface area is 156 Å². The molecule has 3 rings (SSSR count). The Morgan fingerprint density at radius 3 is 1.30 bits per heavy atom. The molecule has 1 aliphatic rings. The van der Waals surface area contributed by atoms with Crippen LogP contribution < -0.4 is 0 Å². The first-order chi connectivity index (χ1) is 11.2. The second kappa shape index (κ2) is 6.92. The summed E-state index contributed by atoms with van der Waals surface area (Å²) in [6, 6.07) is 23.9. The van der Waals surface area contributed by atoms with Gasteiger partial charge in [0.05, 0.1) is 0 Å². The molecule has 0 radical (unpaired) electrons. The smallest absolute Gasteiger partial charge is 0.0671 e. The van der Waals surface area contributed by atoms with Crippen molar-refractivity contribution in [3.05, 3.63) is 80.0 Å². The standard InChI is InChI=1S/C20H20Br2Si/c1-3-23(4-2)19(21)17(15-11-7-5-8-12-15)18(20(23)22)16-13-9-6-10-14-16/h5-14H,3-4H2,1-2H3. The van der Waals surface area contributed by atoms with Crippen LogP contribution in [0.4, 0.5) is 0 Å². The van der Waals surface area contributed by atoms with E-state index in [0.717, 1.165) is 0 Å². The predicted molar refractivity (Wildman–Crippen MR) is 111 cm³/mol. The van der Waals surface area contributed by atoms with Gasteiger partial charge in [0, 0.05) is 0 Å². The molecular weight excluding hydrogens is 428 g/mol. The van der Waals surface area contributed by atoms with Crippen molar-refractivity contribution in [3.8, 4) is 0 Å². The number of allylic oxidation sites excluding steroid dienone is 2. The molecule has 0 nitrogen and oxygen atoms in total. The van der Waals surface area contributed by atoms with Gasteiger partial charge < -0.3 is 0 Å². The van der Waals surface area contributed by atoms with Crippen LogP contribution in [0.5, 0.6) is 0 Å². The van der Waals surface area contributed by atoms with Crippen LogP contribution in [0.3, 0.4) is 0 Å². The van der Waals surface area contributed by atoms with E-state index < -0.39 is 8.07 Å². The molecule has 0 aromatic heterocycles. The number of hydrogen-bond acceptors (Lipinski definition) is 0. The van der Waals surface area contributed by atoms with Crippen LogP contribution in [0.15, 0.2) is 68.9 Å². The van der Waals surface area contributed by atoms with E-state index in [1.165, 1.54) is 42.6 Å². The topological polar surface area (TPSA) is 0 Å². The van der Waals surface area contributed by atoms with Crippen LogP contribution in [0.1, 0.15) is 25.0 Å². The minimum absolute atomic E-state index is 1.21. The molecule has 23 heavy (non-hydrogen) atoms. The zero-order chi connectivity index (χ0) is 16.4. The minimum atomic E-state index is -1.69. The number of halogens is 2. The highest BCUT2D eigenvalue weighted by Crippen LogP contribution is 2.55. The molecule has 3 heteroatoms. The van der Waals surface area contributed by atoms with E-state index in [1.807, 2.05) is 0 Å². The summed E-state index contributed by atoms with van der Waals surface area (Å²) in [6.45, 7) is 4.66. The molecular formula is C20H20Br2Si. The van der Waals surface area contributed by atoms with Crippen LogP contribution in [-0.2, 0) is 0 Å². The van der Waals surface area contributed by atoms with Gasteiger partial charge in [-0.05, 0) is 30.5 Å². The number of rotatable bonds is 4. The van der Waals surface area contributed by atoms with Crippen molar-refractivity contribution >= 4 is 51.1 Å². The van der Waals surface area contributed by atoms with E-state index in [-0.39, 0.29) is 0 Å². The lowest BCUT2D eigenvalue weighted by Crippen LogP contribution is -2.32. The summed E-state index contributed by atoms with van der Waals surface area (Å²) in [5, 5.41) is 0. The molecule has 0 bridgehead atoms. The van der Waals surface area contributed by atoms with Gasteiger partial charge in [0.2, 0.25) is 0 Å². The van der Waals surface area contributed by atoms with Gasteiger partial charge in [0.15, 0.2) is 0 Å². The maximum absolute atomic E-state index is 4.03. The Morgan fingerprint density at radius 1 is 0.652 bits per heavy atom. The fourth-order valence-electron chi connectivity index (χ4n) is 3.42. The second-order valence-electron chi connectivity index (χ2n) is 5.90. The SMILES string of the molecule is CC[Si]1(CC)C(Br)=C(c2ccccc2)C(c2ccccc2)=C1Br. The molecule has 2 aromatic carbocycles. The first-order valence-corrected chi connectivity index (χ1v) is 12.1. The van der Waals surface area contributed by atoms with Crippen molar-refractivity contribution in [2.24, 2.45) is 0 Å². The Morgan fingerprint density at radius 2 is 1.00 bits per heavy atom. The summed E-state index contributed by atoms with van der Waals surface area (Å²) < 4.78 is 2.87. The molecule has 0 saturated heterocycles. The molecule has 1 heterocycles. The van der Waals surface area contributed by atoms with Crippen LogP contribution in [0.2, 0.25) is 12.1 Å². The van der Waals surface area contributed by atoms with Gasteiger partial charge in [-0.25, -0.2) is 0 Å². The molecule has 0 aliphatic carbocycles. The third-order valence-corrected chi connectivity index (χ3v) is 14.8. The molecule has 2 aromatic rings. The third kappa shape index (κ3) is 2.73. The Balaban J connectivity index is 2.31. The maximum Gasteiger partial charge on any atom is 0.136 e. The lowest BCUT2D eigenvalue weighted by atomic mass is 9.95. The average molecular weight is 448 g/mol. The molecule has 0 N–H and O–H groups in total. The summed E-state index contributed by atoms with van der Waals surface area (Å²) in [5.41, 5.74) is 5.34. The van der Waals surface area contributed by atoms with E-state index in [4.69, 9.17) is 0 Å². The summed E-state index contributed by atoms with van der Waals surface area (Å²) in [6.07, 6.45) is 0. The molecule has 1 aliphatic heterocycles. The minimum Gasteiger partial charge on any atom is -0.0671 e. The lowest BCUT2D eigenvalue weighted by molar-refractivity contribution is 1.29. The Bertz CT molecular complexity index is 693. The van der Waals surface area contributed by atoms with Gasteiger partial charge in [-0.1, -0.05) is 118 Å². The van der Waals surface area contributed by atoms with Gasteiger partial charge in [-0.2, -0.15) is 0 Å². The van der Waals surface area contributed by atoms with Crippen molar-refractivity contribution in [1.29, 1.82) is 0 Å². The van der Waals surface area contributed by atoms with Gasteiger partial charge in [-0.15, -0.1) is 0 Å². The third-order valence-electron chi connectivity index (χ3n) is 4.86. The summed E-state index contributed by atoms with van der Waals surface area (Å²) in [4.78, 5) is 0. The quantitative estimate of drug-likeness (QED) is 0.435. The zero-order valence-corrected chi connectivity index (χ0v) is 17.6. The van der Waals surface area contributed by atoms with E-state index >= 15 is 0 Å². The van der Waals surface area contributed by atoms with Gasteiger partial charge in [0.25, 0.3) is 0 Å². The monoisotopic (exact) mass is 446 g/mol. The molecule has 118 valence electrons. The van der Waals surface area contributed by atoms with Gasteiger partial charge >= 0.3 is 0 Å². The normalized spacial score (nSPS) is 17.0. The van der Waals surface area contributed by atoms with Crippen molar-refractivity contribution in [3.63, 3.8) is 0 Å². The maximum atomic E-state index is 4.03. The average Bonchev–Trinajstić information content (AvgIpc) is 2.84. The molecule has 0 fully saturated rings. The molecule has 0 spiro atoms. The number of hydrogen-bond donors (Lipinski definition) is 0. The Kier molecular flexibility index (Phi) is 5.09. The van der Waals surface area contributed by atoms with Crippen molar-refractivity contribution < 1.29 is 0 Å². The molecule has 0 amide bonds. The highest BCUT2D eigenvalue weighted by atomic mass is 79.9. The summed E-state index contributed by atoms with van der Waals surface area (Å²) in [5.74, 6) is 0. The highest BCUT2D eigenvalue weighted by molar-refractivity contribution is 9.14. The largest absolute Gasteiger partial charge is 0.136 e. The highest BCUT2D eigenvalue weighted by Gasteiger charge is 2.45. The lowest BCUT2D eigenvalue weighted by Gasteiger charge is -2.25. The van der Waals surface area contributed by atoms with Crippen molar-refractivity contribution in [2.45, 2.75) is 25.9 Å². The van der Waals surface area contributed by atoms with E-state index in [9.17, 15) is 0 Å². The molecule has 0 saturated carbocycles. The second-order valence-corrected chi connectivity index (χ2v) is 13.5. The summed E-state index contributed by atoms with van der Waals surface area (Å²) >= 11 is 8.07. The molecule has 0 unspecified atom stereocenters. The van der Waals surface area contributed by atoms with Gasteiger partial charge in [0.1, 0.15) is 8.07 Å². The summed E-state index contributed by atoms with van der Waals surface area (Å²) in [7, 11) is -1.69.